The molecule has 1 fully saturated rings. The summed E-state index contributed by atoms with van der Waals surface area (Å²) in [6, 6.07) is 0.536. The van der Waals surface area contributed by atoms with E-state index in [1.165, 1.54) is 32.1 Å². The largest absolute Gasteiger partial charge is 0.370 e. The molecule has 15 heavy (non-hydrogen) atoms. The van der Waals surface area contributed by atoms with Crippen LogP contribution in [0, 0.1) is 0 Å². The zero-order valence-electron chi connectivity index (χ0n) is 10.00. The topological polar surface area (TPSA) is 41.6 Å². The fourth-order valence-electron chi connectivity index (χ4n) is 3.11. The first-order valence-electron chi connectivity index (χ1n) is 6.29. The van der Waals surface area contributed by atoms with E-state index in [1.54, 1.807) is 0 Å². The normalized spacial score (nSPS) is 26.8. The van der Waals surface area contributed by atoms with Crippen LogP contribution in [-0.2, 0) is 0 Å². The van der Waals surface area contributed by atoms with Crippen molar-refractivity contribution < 1.29 is 0 Å². The van der Waals surface area contributed by atoms with Crippen LogP contribution in [0.5, 0.6) is 0 Å². The fourth-order valence-corrected chi connectivity index (χ4v) is 3.11. The van der Waals surface area contributed by atoms with Crippen LogP contribution in [0.2, 0.25) is 0 Å². The van der Waals surface area contributed by atoms with Crippen molar-refractivity contribution in [3.05, 3.63) is 0 Å². The Labute approximate surface area is 92.7 Å². The summed E-state index contributed by atoms with van der Waals surface area (Å²) in [4.78, 5) is 6.89. The first kappa shape index (κ1) is 10.8. The molecule has 1 heterocycles. The molecule has 0 radical (unpaired) electrons. The third kappa shape index (κ3) is 1.72. The maximum absolute atomic E-state index is 6.04. The van der Waals surface area contributed by atoms with E-state index in [4.69, 9.17) is 5.73 Å². The van der Waals surface area contributed by atoms with E-state index in [1.807, 2.05) is 0 Å². The fraction of sp³-hybridized carbons (Fsp3) is 0.917. The van der Waals surface area contributed by atoms with Gasteiger partial charge in [0.2, 0.25) is 0 Å². The first-order valence-corrected chi connectivity index (χ1v) is 6.29. The number of nitrogens with two attached hydrogens (primary N) is 1. The van der Waals surface area contributed by atoms with Crippen molar-refractivity contribution in [1.29, 1.82) is 0 Å². The molecule has 1 spiro atoms. The van der Waals surface area contributed by atoms with Gasteiger partial charge in [-0.3, -0.25) is 4.99 Å². The molecule has 0 bridgehead atoms. The summed E-state index contributed by atoms with van der Waals surface area (Å²) in [5.74, 6) is 0.784. The highest BCUT2D eigenvalue weighted by atomic mass is 15.4. The van der Waals surface area contributed by atoms with Crippen LogP contribution in [-0.4, -0.2) is 29.0 Å². The van der Waals surface area contributed by atoms with Gasteiger partial charge in [0.15, 0.2) is 5.96 Å². The van der Waals surface area contributed by atoms with Gasteiger partial charge >= 0.3 is 0 Å². The summed E-state index contributed by atoms with van der Waals surface area (Å²) < 4.78 is 0. The third-order valence-corrected chi connectivity index (χ3v) is 4.11. The van der Waals surface area contributed by atoms with E-state index in [-0.39, 0.29) is 5.54 Å². The molecule has 0 aromatic rings. The predicted octanol–water partition coefficient (Wildman–Crippen LogP) is 2.12. The minimum atomic E-state index is 0.289. The Kier molecular flexibility index (Phi) is 2.89. The van der Waals surface area contributed by atoms with Crippen molar-refractivity contribution >= 4 is 5.96 Å². The minimum Gasteiger partial charge on any atom is -0.370 e. The quantitative estimate of drug-likeness (QED) is 0.757. The SMILES string of the molecule is CCC(C)N1C(N)=NCC12CCCCC2. The van der Waals surface area contributed by atoms with Gasteiger partial charge in [-0.1, -0.05) is 26.2 Å². The van der Waals surface area contributed by atoms with Crippen molar-refractivity contribution in [1.82, 2.24) is 4.90 Å². The summed E-state index contributed by atoms with van der Waals surface area (Å²) in [5, 5.41) is 0. The lowest BCUT2D eigenvalue weighted by Crippen LogP contribution is -2.56. The van der Waals surface area contributed by atoms with Gasteiger partial charge in [0.1, 0.15) is 0 Å². The molecular weight excluding hydrogens is 186 g/mol. The van der Waals surface area contributed by atoms with E-state index in [9.17, 15) is 0 Å². The molecule has 0 saturated heterocycles. The summed E-state index contributed by atoms with van der Waals surface area (Å²) in [7, 11) is 0. The van der Waals surface area contributed by atoms with Gasteiger partial charge in [0.05, 0.1) is 12.1 Å². The van der Waals surface area contributed by atoms with Crippen molar-refractivity contribution in [2.45, 2.75) is 64.0 Å². The number of rotatable bonds is 2. The van der Waals surface area contributed by atoms with Gasteiger partial charge in [0, 0.05) is 6.04 Å². The van der Waals surface area contributed by atoms with Crippen LogP contribution in [0.3, 0.4) is 0 Å². The summed E-state index contributed by atoms with van der Waals surface area (Å²) in [6.45, 7) is 5.43. The molecule has 0 aromatic heterocycles. The van der Waals surface area contributed by atoms with Gasteiger partial charge < -0.3 is 10.6 Å². The number of nitrogens with zero attached hydrogens (tertiary/aromatic N) is 2. The molecule has 0 aromatic carbocycles. The second-order valence-corrected chi connectivity index (χ2v) is 5.09. The summed E-state index contributed by atoms with van der Waals surface area (Å²) in [5.41, 5.74) is 6.33. The highest BCUT2D eigenvalue weighted by molar-refractivity contribution is 5.81. The second kappa shape index (κ2) is 4.03. The van der Waals surface area contributed by atoms with Crippen LogP contribution < -0.4 is 5.73 Å². The van der Waals surface area contributed by atoms with Gasteiger partial charge in [0.25, 0.3) is 0 Å². The molecule has 2 rings (SSSR count). The minimum absolute atomic E-state index is 0.289. The van der Waals surface area contributed by atoms with Crippen molar-refractivity contribution in [2.24, 2.45) is 10.7 Å². The molecule has 3 nitrogen and oxygen atoms in total. The van der Waals surface area contributed by atoms with Gasteiger partial charge in [-0.2, -0.15) is 0 Å². The van der Waals surface area contributed by atoms with Crippen LogP contribution in [0.4, 0.5) is 0 Å². The Morgan fingerprint density at radius 2 is 2.07 bits per heavy atom. The summed E-state index contributed by atoms with van der Waals surface area (Å²) >= 11 is 0. The standard InChI is InChI=1S/C12H23N3/c1-3-10(2)15-11(13)14-9-12(15)7-5-4-6-8-12/h10H,3-9H2,1-2H3,(H2,13,14). The van der Waals surface area contributed by atoms with Crippen molar-refractivity contribution in [2.75, 3.05) is 6.54 Å². The van der Waals surface area contributed by atoms with Gasteiger partial charge in [-0.15, -0.1) is 0 Å². The van der Waals surface area contributed by atoms with E-state index in [2.05, 4.69) is 23.7 Å². The Balaban J connectivity index is 2.18. The number of aliphatic imine (C=N–C) groups is 1. The van der Waals surface area contributed by atoms with Crippen LogP contribution in [0.25, 0.3) is 0 Å². The Morgan fingerprint density at radius 1 is 1.40 bits per heavy atom. The Hall–Kier alpha value is -0.730. The van der Waals surface area contributed by atoms with E-state index in [0.717, 1.165) is 18.9 Å². The molecule has 1 unspecified atom stereocenters. The Morgan fingerprint density at radius 3 is 2.67 bits per heavy atom. The van der Waals surface area contributed by atoms with Gasteiger partial charge in [-0.05, 0) is 26.2 Å². The van der Waals surface area contributed by atoms with Crippen LogP contribution in [0.1, 0.15) is 52.4 Å². The second-order valence-electron chi connectivity index (χ2n) is 5.09. The average molecular weight is 209 g/mol. The van der Waals surface area contributed by atoms with Crippen molar-refractivity contribution in [3.8, 4) is 0 Å². The maximum atomic E-state index is 6.04. The lowest BCUT2D eigenvalue weighted by molar-refractivity contribution is 0.107. The number of hydrogen-bond acceptors (Lipinski definition) is 3. The molecule has 2 N–H and O–H groups in total. The smallest absolute Gasteiger partial charge is 0.192 e. The maximum Gasteiger partial charge on any atom is 0.192 e. The Bertz CT molecular complexity index is 254. The molecule has 0 amide bonds. The van der Waals surface area contributed by atoms with Crippen molar-refractivity contribution in [3.63, 3.8) is 0 Å². The van der Waals surface area contributed by atoms with E-state index >= 15 is 0 Å². The first-order chi connectivity index (χ1) is 7.19. The highest BCUT2D eigenvalue weighted by Crippen LogP contribution is 2.38. The average Bonchev–Trinajstić information content (AvgIpc) is 2.56. The van der Waals surface area contributed by atoms with E-state index in [0.29, 0.717) is 6.04 Å². The van der Waals surface area contributed by atoms with Crippen LogP contribution in [0.15, 0.2) is 4.99 Å². The highest BCUT2D eigenvalue weighted by Gasteiger charge is 2.44. The lowest BCUT2D eigenvalue weighted by atomic mass is 9.80. The molecule has 1 atom stereocenters. The molecule has 86 valence electrons. The summed E-state index contributed by atoms with van der Waals surface area (Å²) in [6.07, 6.45) is 7.78. The monoisotopic (exact) mass is 209 g/mol. The van der Waals surface area contributed by atoms with E-state index < -0.39 is 0 Å². The molecule has 1 aliphatic heterocycles. The zero-order chi connectivity index (χ0) is 10.9. The predicted molar refractivity (Wildman–Crippen MR) is 63.9 cm³/mol. The van der Waals surface area contributed by atoms with Gasteiger partial charge in [-0.25, -0.2) is 0 Å². The number of hydrogen-bond donors (Lipinski definition) is 1. The zero-order valence-corrected chi connectivity index (χ0v) is 10.00. The molecule has 1 aliphatic carbocycles. The van der Waals surface area contributed by atoms with Crippen LogP contribution >= 0.6 is 0 Å². The number of guanidine groups is 1. The molecule has 1 saturated carbocycles. The third-order valence-electron chi connectivity index (χ3n) is 4.11. The lowest BCUT2D eigenvalue weighted by Gasteiger charge is -2.45. The molecular formula is C12H23N3. The molecule has 3 heteroatoms. The molecule has 2 aliphatic rings.